The molecular formula is C20H28BNO4. The Kier molecular flexibility index (Phi) is 5.09. The van der Waals surface area contributed by atoms with Crippen LogP contribution in [0.15, 0.2) is 18.2 Å². The molecule has 0 N–H and O–H groups in total. The van der Waals surface area contributed by atoms with Crippen molar-refractivity contribution in [1.29, 1.82) is 5.26 Å². The van der Waals surface area contributed by atoms with Crippen LogP contribution in [-0.4, -0.2) is 36.6 Å². The van der Waals surface area contributed by atoms with Crippen molar-refractivity contribution in [3.8, 4) is 11.8 Å². The van der Waals surface area contributed by atoms with Crippen molar-refractivity contribution < 1.29 is 18.8 Å². The predicted octanol–water partition coefficient (Wildman–Crippen LogP) is 3.19. The van der Waals surface area contributed by atoms with Crippen molar-refractivity contribution >= 4 is 12.6 Å². The maximum Gasteiger partial charge on any atom is 0.494 e. The molecule has 0 bridgehead atoms. The van der Waals surface area contributed by atoms with Crippen LogP contribution in [-0.2, 0) is 14.0 Å². The van der Waals surface area contributed by atoms with Gasteiger partial charge in [-0.2, -0.15) is 5.26 Å². The molecule has 3 rings (SSSR count). The minimum absolute atomic E-state index is 0.0588. The van der Waals surface area contributed by atoms with E-state index in [2.05, 4.69) is 19.9 Å². The predicted molar refractivity (Wildman–Crippen MR) is 101 cm³/mol. The van der Waals surface area contributed by atoms with E-state index in [4.69, 9.17) is 18.8 Å². The average Bonchev–Trinajstić information content (AvgIpc) is 2.74. The normalized spacial score (nSPS) is 30.0. The molecule has 1 aromatic carbocycles. The second-order valence-corrected chi connectivity index (χ2v) is 8.42. The first kappa shape index (κ1) is 19.2. The molecule has 0 amide bonds. The van der Waals surface area contributed by atoms with Crippen LogP contribution < -0.4 is 10.2 Å². The van der Waals surface area contributed by atoms with E-state index in [1.54, 1.807) is 0 Å². The molecule has 0 aromatic heterocycles. The molecule has 0 aliphatic carbocycles. The average molecular weight is 357 g/mol. The van der Waals surface area contributed by atoms with E-state index in [1.807, 2.05) is 45.9 Å². The Morgan fingerprint density at radius 1 is 1.08 bits per heavy atom. The van der Waals surface area contributed by atoms with Crippen LogP contribution in [0.2, 0.25) is 0 Å². The Balaban J connectivity index is 1.78. The molecule has 2 fully saturated rings. The third kappa shape index (κ3) is 3.76. The zero-order valence-corrected chi connectivity index (χ0v) is 16.5. The Labute approximate surface area is 156 Å². The molecule has 2 atom stereocenters. The fraction of sp³-hybridized carbons (Fsp3) is 0.650. The monoisotopic (exact) mass is 357 g/mol. The summed E-state index contributed by atoms with van der Waals surface area (Å²) < 4.78 is 24.0. The van der Waals surface area contributed by atoms with Gasteiger partial charge in [-0.25, -0.2) is 0 Å². The van der Waals surface area contributed by atoms with Crippen molar-refractivity contribution in [1.82, 2.24) is 0 Å². The lowest BCUT2D eigenvalue weighted by Crippen LogP contribution is -2.41. The van der Waals surface area contributed by atoms with Crippen LogP contribution in [0.25, 0.3) is 0 Å². The quantitative estimate of drug-likeness (QED) is 0.778. The number of benzene rings is 1. The molecule has 140 valence electrons. The molecule has 2 aliphatic heterocycles. The van der Waals surface area contributed by atoms with Gasteiger partial charge >= 0.3 is 7.12 Å². The van der Waals surface area contributed by atoms with Crippen molar-refractivity contribution in [2.75, 3.05) is 0 Å². The number of hydrogen-bond donors (Lipinski definition) is 0. The summed E-state index contributed by atoms with van der Waals surface area (Å²) in [5.74, 6) is 0.610. The lowest BCUT2D eigenvalue weighted by molar-refractivity contribution is -0.0721. The highest BCUT2D eigenvalue weighted by Crippen LogP contribution is 2.36. The van der Waals surface area contributed by atoms with Gasteiger partial charge in [0.25, 0.3) is 0 Å². The van der Waals surface area contributed by atoms with Gasteiger partial charge in [0.1, 0.15) is 17.9 Å². The van der Waals surface area contributed by atoms with Gasteiger partial charge in [-0.3, -0.25) is 0 Å². The molecule has 26 heavy (non-hydrogen) atoms. The van der Waals surface area contributed by atoms with Crippen LogP contribution in [0.3, 0.4) is 0 Å². The summed E-state index contributed by atoms with van der Waals surface area (Å²) in [4.78, 5) is 0. The third-order valence-electron chi connectivity index (χ3n) is 5.60. The standard InChI is InChI=1S/C20H28BNO4/c1-13-9-17(10-14(2)23-13)24-18-8-7-16(11-15(18)12-22)21-25-19(3,4)20(5,6)26-21/h7-8,11,13-14,17H,9-10H2,1-6H3. The topological polar surface area (TPSA) is 60.7 Å². The SMILES string of the molecule is CC1CC(Oc2ccc(B3OC(C)(C)C(C)(C)O3)cc2C#N)CC(C)O1. The smallest absolute Gasteiger partial charge is 0.489 e. The molecular weight excluding hydrogens is 329 g/mol. The van der Waals surface area contributed by atoms with E-state index < -0.39 is 18.3 Å². The fourth-order valence-electron chi connectivity index (χ4n) is 3.48. The minimum atomic E-state index is -0.482. The van der Waals surface area contributed by atoms with Gasteiger partial charge in [0.05, 0.1) is 29.0 Å². The van der Waals surface area contributed by atoms with Gasteiger partial charge in [-0.05, 0) is 59.1 Å². The highest BCUT2D eigenvalue weighted by atomic mass is 16.7. The Morgan fingerprint density at radius 2 is 1.65 bits per heavy atom. The van der Waals surface area contributed by atoms with Crippen LogP contribution in [0.5, 0.6) is 5.75 Å². The first-order valence-electron chi connectivity index (χ1n) is 9.33. The van der Waals surface area contributed by atoms with Gasteiger partial charge in [0, 0.05) is 12.8 Å². The maximum absolute atomic E-state index is 9.59. The number of rotatable bonds is 3. The van der Waals surface area contributed by atoms with E-state index in [-0.39, 0.29) is 18.3 Å². The maximum atomic E-state index is 9.59. The van der Waals surface area contributed by atoms with Crippen LogP contribution in [0.1, 0.15) is 59.9 Å². The number of nitrogens with zero attached hydrogens (tertiary/aromatic N) is 1. The zero-order valence-electron chi connectivity index (χ0n) is 16.5. The number of ether oxygens (including phenoxy) is 2. The van der Waals surface area contributed by atoms with Gasteiger partial charge in [-0.1, -0.05) is 6.07 Å². The zero-order chi connectivity index (χ0) is 19.1. The Bertz CT molecular complexity index is 686. The Morgan fingerprint density at radius 3 is 2.19 bits per heavy atom. The summed E-state index contributed by atoms with van der Waals surface area (Å²) in [6, 6.07) is 7.83. The first-order chi connectivity index (χ1) is 12.1. The van der Waals surface area contributed by atoms with E-state index >= 15 is 0 Å². The molecule has 2 aliphatic rings. The van der Waals surface area contributed by atoms with Crippen molar-refractivity contribution in [2.24, 2.45) is 0 Å². The van der Waals surface area contributed by atoms with Crippen LogP contribution in [0.4, 0.5) is 0 Å². The van der Waals surface area contributed by atoms with Gasteiger partial charge in [0.2, 0.25) is 0 Å². The summed E-state index contributed by atoms with van der Waals surface area (Å²) >= 11 is 0. The van der Waals surface area contributed by atoms with Gasteiger partial charge in [-0.15, -0.1) is 0 Å². The molecule has 0 saturated carbocycles. The first-order valence-corrected chi connectivity index (χ1v) is 9.33. The summed E-state index contributed by atoms with van der Waals surface area (Å²) in [5, 5.41) is 9.59. The fourth-order valence-corrected chi connectivity index (χ4v) is 3.48. The van der Waals surface area contributed by atoms with E-state index in [0.29, 0.717) is 11.3 Å². The van der Waals surface area contributed by atoms with E-state index in [1.165, 1.54) is 0 Å². The van der Waals surface area contributed by atoms with Crippen LogP contribution in [0, 0.1) is 11.3 Å². The molecule has 2 unspecified atom stereocenters. The van der Waals surface area contributed by atoms with E-state index in [9.17, 15) is 5.26 Å². The highest BCUT2D eigenvalue weighted by molar-refractivity contribution is 6.62. The number of nitriles is 1. The summed E-state index contributed by atoms with van der Waals surface area (Å²) in [6.07, 6.45) is 2.04. The molecule has 5 nitrogen and oxygen atoms in total. The van der Waals surface area contributed by atoms with Crippen molar-refractivity contribution in [2.45, 2.75) is 83.9 Å². The van der Waals surface area contributed by atoms with Gasteiger partial charge in [0.15, 0.2) is 0 Å². The summed E-state index contributed by atoms with van der Waals surface area (Å²) in [6.45, 7) is 12.2. The number of hydrogen-bond acceptors (Lipinski definition) is 5. The second-order valence-electron chi connectivity index (χ2n) is 8.42. The summed E-state index contributed by atoms with van der Waals surface area (Å²) in [7, 11) is -0.482. The van der Waals surface area contributed by atoms with Crippen molar-refractivity contribution in [3.63, 3.8) is 0 Å². The van der Waals surface area contributed by atoms with E-state index in [0.717, 1.165) is 18.3 Å². The lowest BCUT2D eigenvalue weighted by atomic mass is 9.78. The molecule has 2 saturated heterocycles. The lowest BCUT2D eigenvalue weighted by Gasteiger charge is -2.32. The molecule has 1 aromatic rings. The molecule has 6 heteroatoms. The second kappa shape index (κ2) is 6.88. The largest absolute Gasteiger partial charge is 0.494 e. The van der Waals surface area contributed by atoms with Crippen LogP contribution >= 0.6 is 0 Å². The molecule has 0 radical (unpaired) electrons. The highest BCUT2D eigenvalue weighted by Gasteiger charge is 2.51. The molecule has 0 spiro atoms. The third-order valence-corrected chi connectivity index (χ3v) is 5.60. The summed E-state index contributed by atoms with van der Waals surface area (Å²) in [5.41, 5.74) is 0.521. The van der Waals surface area contributed by atoms with Crippen molar-refractivity contribution in [3.05, 3.63) is 23.8 Å². The van der Waals surface area contributed by atoms with Gasteiger partial charge < -0.3 is 18.8 Å². The Hall–Kier alpha value is -1.55. The minimum Gasteiger partial charge on any atom is -0.489 e. The molecule has 2 heterocycles.